The molecule has 0 bridgehead atoms. The van der Waals surface area contributed by atoms with E-state index in [1.54, 1.807) is 6.07 Å². The minimum atomic E-state index is -0.319. The molecule has 0 aliphatic heterocycles. The summed E-state index contributed by atoms with van der Waals surface area (Å²) in [6.45, 7) is 3.72. The van der Waals surface area contributed by atoms with Crippen LogP contribution in [0.15, 0.2) is 12.1 Å². The molecule has 0 fully saturated rings. The summed E-state index contributed by atoms with van der Waals surface area (Å²) in [6, 6.07) is 2.75. The van der Waals surface area contributed by atoms with Gasteiger partial charge < -0.3 is 19.9 Å². The Hall–Kier alpha value is -1.46. The van der Waals surface area contributed by atoms with E-state index in [9.17, 15) is 9.90 Å². The zero-order chi connectivity index (χ0) is 15.3. The fourth-order valence-corrected chi connectivity index (χ4v) is 2.01. The van der Waals surface area contributed by atoms with Gasteiger partial charge in [-0.05, 0) is 18.1 Å². The molecule has 6 heteroatoms. The Morgan fingerprint density at radius 2 is 2.00 bits per heavy atom. The highest BCUT2D eigenvalue weighted by atomic mass is 35.5. The molecule has 112 valence electrons. The van der Waals surface area contributed by atoms with Crippen molar-refractivity contribution in [1.82, 2.24) is 5.32 Å². The van der Waals surface area contributed by atoms with Crippen LogP contribution in [-0.2, 0) is 0 Å². The number of methoxy groups -OCH3 is 2. The van der Waals surface area contributed by atoms with Crippen molar-refractivity contribution in [3.8, 4) is 11.5 Å². The normalized spacial score (nSPS) is 12.2. The van der Waals surface area contributed by atoms with Crippen LogP contribution in [0.2, 0.25) is 5.02 Å². The fraction of sp³-hybridized carbons (Fsp3) is 0.500. The van der Waals surface area contributed by atoms with Gasteiger partial charge in [-0.2, -0.15) is 0 Å². The van der Waals surface area contributed by atoms with E-state index in [0.717, 1.165) is 0 Å². The standard InChI is InChI=1S/C14H20ClNO4/c1-8(2)11(7-17)16-14(18)9-5-10(15)13(20-4)12(6-9)19-3/h5-6,8,11,17H,7H2,1-4H3,(H,16,18)/t11-/m1/s1. The van der Waals surface area contributed by atoms with Crippen LogP contribution in [0.5, 0.6) is 11.5 Å². The molecule has 0 spiro atoms. The van der Waals surface area contributed by atoms with Crippen molar-refractivity contribution in [2.75, 3.05) is 20.8 Å². The lowest BCUT2D eigenvalue weighted by Gasteiger charge is -2.20. The molecule has 5 nitrogen and oxygen atoms in total. The molecular weight excluding hydrogens is 282 g/mol. The van der Waals surface area contributed by atoms with Crippen LogP contribution in [0.4, 0.5) is 0 Å². The predicted octanol–water partition coefficient (Wildman–Crippen LogP) is 2.10. The first kappa shape index (κ1) is 16.6. The highest BCUT2D eigenvalue weighted by Gasteiger charge is 2.19. The summed E-state index contributed by atoms with van der Waals surface area (Å²) in [5.74, 6) is 0.573. The molecule has 0 aromatic heterocycles. The Balaban J connectivity index is 3.02. The highest BCUT2D eigenvalue weighted by Crippen LogP contribution is 2.35. The van der Waals surface area contributed by atoms with Crippen LogP contribution < -0.4 is 14.8 Å². The number of amides is 1. The summed E-state index contributed by atoms with van der Waals surface area (Å²) in [4.78, 5) is 12.2. The quantitative estimate of drug-likeness (QED) is 0.844. The first-order valence-corrected chi connectivity index (χ1v) is 6.65. The van der Waals surface area contributed by atoms with Gasteiger partial charge in [-0.3, -0.25) is 4.79 Å². The third-order valence-electron chi connectivity index (χ3n) is 3.01. The van der Waals surface area contributed by atoms with Gasteiger partial charge in [0.1, 0.15) is 0 Å². The summed E-state index contributed by atoms with van der Waals surface area (Å²) in [5.41, 5.74) is 0.353. The maximum atomic E-state index is 12.2. The molecule has 0 aliphatic carbocycles. The molecule has 0 saturated heterocycles. The summed E-state index contributed by atoms with van der Waals surface area (Å²) in [7, 11) is 2.95. The van der Waals surface area contributed by atoms with Gasteiger partial charge in [0, 0.05) is 5.56 Å². The van der Waals surface area contributed by atoms with E-state index in [1.165, 1.54) is 20.3 Å². The molecular formula is C14H20ClNO4. The Labute approximate surface area is 123 Å². The molecule has 0 saturated carbocycles. The monoisotopic (exact) mass is 301 g/mol. The van der Waals surface area contributed by atoms with Gasteiger partial charge in [-0.25, -0.2) is 0 Å². The molecule has 1 rings (SSSR count). The van der Waals surface area contributed by atoms with Crippen molar-refractivity contribution in [2.24, 2.45) is 5.92 Å². The Morgan fingerprint density at radius 1 is 1.35 bits per heavy atom. The molecule has 20 heavy (non-hydrogen) atoms. The van der Waals surface area contributed by atoms with Crippen molar-refractivity contribution in [3.05, 3.63) is 22.7 Å². The number of nitrogens with one attached hydrogen (secondary N) is 1. The summed E-state index contributed by atoms with van der Waals surface area (Å²) in [5, 5.41) is 12.3. The van der Waals surface area contributed by atoms with Gasteiger partial charge in [-0.15, -0.1) is 0 Å². The molecule has 1 aromatic carbocycles. The van der Waals surface area contributed by atoms with E-state index in [-0.39, 0.29) is 24.5 Å². The maximum Gasteiger partial charge on any atom is 0.251 e. The van der Waals surface area contributed by atoms with E-state index in [4.69, 9.17) is 21.1 Å². The number of hydrogen-bond donors (Lipinski definition) is 2. The lowest BCUT2D eigenvalue weighted by atomic mass is 10.0. The van der Waals surface area contributed by atoms with Gasteiger partial charge in [0.15, 0.2) is 11.5 Å². The van der Waals surface area contributed by atoms with Crippen LogP contribution in [-0.4, -0.2) is 37.9 Å². The number of carbonyl (C=O) groups excluding carboxylic acids is 1. The first-order valence-electron chi connectivity index (χ1n) is 6.27. The fourth-order valence-electron chi connectivity index (χ4n) is 1.72. The Bertz CT molecular complexity index is 476. The molecule has 1 amide bonds. The topological polar surface area (TPSA) is 67.8 Å². The SMILES string of the molecule is COc1cc(C(=O)N[C@H](CO)C(C)C)cc(Cl)c1OC. The van der Waals surface area contributed by atoms with Gasteiger partial charge in [-0.1, -0.05) is 25.4 Å². The Kier molecular flexibility index (Phi) is 6.10. The van der Waals surface area contributed by atoms with E-state index in [0.29, 0.717) is 22.1 Å². The van der Waals surface area contributed by atoms with Gasteiger partial charge in [0.2, 0.25) is 0 Å². The number of aliphatic hydroxyl groups excluding tert-OH is 1. The van der Waals surface area contributed by atoms with Crippen molar-refractivity contribution < 1.29 is 19.4 Å². The maximum absolute atomic E-state index is 12.2. The summed E-state index contributed by atoms with van der Waals surface area (Å²) < 4.78 is 10.3. The number of aliphatic hydroxyl groups is 1. The van der Waals surface area contributed by atoms with E-state index in [1.807, 2.05) is 13.8 Å². The zero-order valence-corrected chi connectivity index (χ0v) is 12.8. The predicted molar refractivity (Wildman–Crippen MR) is 77.7 cm³/mol. The lowest BCUT2D eigenvalue weighted by molar-refractivity contribution is 0.0896. The van der Waals surface area contributed by atoms with Crippen molar-refractivity contribution in [2.45, 2.75) is 19.9 Å². The zero-order valence-electron chi connectivity index (χ0n) is 12.1. The second-order valence-electron chi connectivity index (χ2n) is 4.70. The number of rotatable bonds is 6. The molecule has 0 unspecified atom stereocenters. The number of ether oxygens (including phenoxy) is 2. The minimum Gasteiger partial charge on any atom is -0.493 e. The molecule has 1 aromatic rings. The first-order chi connectivity index (χ1) is 9.44. The summed E-state index contributed by atoms with van der Waals surface area (Å²) in [6.07, 6.45) is 0. The van der Waals surface area contributed by atoms with E-state index >= 15 is 0 Å². The van der Waals surface area contributed by atoms with Crippen LogP contribution in [0.25, 0.3) is 0 Å². The molecule has 0 radical (unpaired) electrons. The molecule has 1 atom stereocenters. The minimum absolute atomic E-state index is 0.121. The van der Waals surface area contributed by atoms with E-state index in [2.05, 4.69) is 5.32 Å². The number of halogens is 1. The second kappa shape index (κ2) is 7.36. The third-order valence-corrected chi connectivity index (χ3v) is 3.29. The molecule has 0 aliphatic rings. The van der Waals surface area contributed by atoms with Crippen LogP contribution >= 0.6 is 11.6 Å². The number of carbonyl (C=O) groups is 1. The molecule has 0 heterocycles. The van der Waals surface area contributed by atoms with Crippen LogP contribution in [0.1, 0.15) is 24.2 Å². The largest absolute Gasteiger partial charge is 0.493 e. The highest BCUT2D eigenvalue weighted by molar-refractivity contribution is 6.32. The number of hydrogen-bond acceptors (Lipinski definition) is 4. The van der Waals surface area contributed by atoms with Crippen LogP contribution in [0, 0.1) is 5.92 Å². The third kappa shape index (κ3) is 3.77. The van der Waals surface area contributed by atoms with Crippen molar-refractivity contribution in [3.63, 3.8) is 0 Å². The smallest absolute Gasteiger partial charge is 0.251 e. The average molecular weight is 302 g/mol. The molecule has 2 N–H and O–H groups in total. The van der Waals surface area contributed by atoms with Crippen molar-refractivity contribution >= 4 is 17.5 Å². The lowest BCUT2D eigenvalue weighted by Crippen LogP contribution is -2.41. The van der Waals surface area contributed by atoms with Gasteiger partial charge in [0.25, 0.3) is 5.91 Å². The Morgan fingerprint density at radius 3 is 2.45 bits per heavy atom. The average Bonchev–Trinajstić information content (AvgIpc) is 2.42. The van der Waals surface area contributed by atoms with E-state index < -0.39 is 0 Å². The number of benzene rings is 1. The second-order valence-corrected chi connectivity index (χ2v) is 5.11. The summed E-state index contributed by atoms with van der Waals surface area (Å²) >= 11 is 6.06. The van der Waals surface area contributed by atoms with Crippen molar-refractivity contribution in [1.29, 1.82) is 0 Å². The van der Waals surface area contributed by atoms with Gasteiger partial charge in [0.05, 0.1) is 31.9 Å². The van der Waals surface area contributed by atoms with Crippen LogP contribution in [0.3, 0.4) is 0 Å². The van der Waals surface area contributed by atoms with Gasteiger partial charge >= 0.3 is 0 Å².